The number of rotatable bonds is 3. The van der Waals surface area contributed by atoms with Gasteiger partial charge in [-0.05, 0) is 18.2 Å². The topological polar surface area (TPSA) is 108 Å². The molecule has 1 aliphatic heterocycles. The lowest BCUT2D eigenvalue weighted by atomic mass is 10.2. The van der Waals surface area contributed by atoms with Crippen LogP contribution in [0.3, 0.4) is 0 Å². The van der Waals surface area contributed by atoms with E-state index in [4.69, 9.17) is 23.2 Å². The van der Waals surface area contributed by atoms with Crippen molar-refractivity contribution in [3.05, 3.63) is 54.6 Å². The Morgan fingerprint density at radius 1 is 1.03 bits per heavy atom. The molecule has 0 bridgehead atoms. The van der Waals surface area contributed by atoms with Gasteiger partial charge in [0.05, 0.1) is 5.02 Å². The molecule has 9 nitrogen and oxygen atoms in total. The normalized spacial score (nSPS) is 15.3. The van der Waals surface area contributed by atoms with Crippen LogP contribution in [0.4, 0.5) is 5.82 Å². The summed E-state index contributed by atoms with van der Waals surface area (Å²) in [6.45, 7) is 0.540. The minimum atomic E-state index is -3.88. The van der Waals surface area contributed by atoms with Gasteiger partial charge in [0.2, 0.25) is 10.0 Å². The van der Waals surface area contributed by atoms with E-state index in [0.29, 0.717) is 0 Å². The van der Waals surface area contributed by atoms with Gasteiger partial charge in [-0.2, -0.15) is 9.57 Å². The largest absolute Gasteiger partial charge is 0.354 e. The van der Waals surface area contributed by atoms with Gasteiger partial charge in [0.25, 0.3) is 5.56 Å². The number of benzene rings is 1. The molecule has 0 radical (unpaired) electrons. The number of nitriles is 1. The van der Waals surface area contributed by atoms with E-state index in [9.17, 15) is 23.3 Å². The Hall–Kier alpha value is -2.32. The highest BCUT2D eigenvalue weighted by atomic mass is 35.5. The van der Waals surface area contributed by atoms with Gasteiger partial charge in [0, 0.05) is 45.3 Å². The maximum atomic E-state index is 12.9. The summed E-state index contributed by atoms with van der Waals surface area (Å²) in [6.07, 6.45) is 0. The van der Waals surface area contributed by atoms with Crippen LogP contribution in [-0.4, -0.2) is 48.0 Å². The second-order valence-electron chi connectivity index (χ2n) is 6.48. The van der Waals surface area contributed by atoms with Crippen molar-refractivity contribution in [3.8, 4) is 6.07 Å². The molecule has 154 valence electrons. The summed E-state index contributed by atoms with van der Waals surface area (Å²) in [6, 6.07) is 6.07. The highest BCUT2D eigenvalue weighted by Gasteiger charge is 2.32. The first kappa shape index (κ1) is 21.4. The van der Waals surface area contributed by atoms with Crippen molar-refractivity contribution in [2.45, 2.75) is 4.90 Å². The van der Waals surface area contributed by atoms with E-state index in [1.165, 1.54) is 41.2 Å². The molecule has 0 spiro atoms. The lowest BCUT2D eigenvalue weighted by molar-refractivity contribution is 0.381. The predicted molar refractivity (Wildman–Crippen MR) is 109 cm³/mol. The van der Waals surface area contributed by atoms with E-state index in [-0.39, 0.29) is 52.5 Å². The minimum Gasteiger partial charge on any atom is -0.354 e. The maximum absolute atomic E-state index is 12.9. The Labute approximate surface area is 176 Å². The van der Waals surface area contributed by atoms with Crippen molar-refractivity contribution in [1.29, 1.82) is 5.26 Å². The van der Waals surface area contributed by atoms with Crippen LogP contribution in [0, 0.1) is 11.3 Å². The Morgan fingerprint density at radius 3 is 2.24 bits per heavy atom. The standard InChI is InChI=1S/C17H17Cl2N5O4S/c1-21-15(12(10-20)16(25)22(2)17(21)26)23-5-7-24(8-6-23)29(27,28)14-9-11(18)3-4-13(14)19/h3-4,9H,5-8H2,1-2H3. The monoisotopic (exact) mass is 457 g/mol. The SMILES string of the molecule is Cn1c(N2CCN(S(=O)(=O)c3cc(Cl)ccc3Cl)CC2)c(C#N)c(=O)n(C)c1=O. The maximum Gasteiger partial charge on any atom is 0.332 e. The average molecular weight is 458 g/mol. The fourth-order valence-electron chi connectivity index (χ4n) is 3.26. The molecule has 0 saturated carbocycles. The molecule has 1 saturated heterocycles. The van der Waals surface area contributed by atoms with Crippen LogP contribution < -0.4 is 16.1 Å². The molecular weight excluding hydrogens is 441 g/mol. The van der Waals surface area contributed by atoms with Gasteiger partial charge in [-0.3, -0.25) is 13.9 Å². The quantitative estimate of drug-likeness (QED) is 0.673. The molecule has 0 aliphatic carbocycles. The summed E-state index contributed by atoms with van der Waals surface area (Å²) in [5.41, 5.74) is -1.42. The van der Waals surface area contributed by atoms with Gasteiger partial charge >= 0.3 is 5.69 Å². The first-order valence-corrected chi connectivity index (χ1v) is 10.7. The van der Waals surface area contributed by atoms with Gasteiger partial charge < -0.3 is 4.90 Å². The first-order valence-electron chi connectivity index (χ1n) is 8.50. The van der Waals surface area contributed by atoms with Gasteiger partial charge in [0.15, 0.2) is 5.56 Å². The first-order chi connectivity index (χ1) is 13.6. The predicted octanol–water partition coefficient (Wildman–Crippen LogP) is 0.773. The smallest absolute Gasteiger partial charge is 0.332 e. The van der Waals surface area contributed by atoms with Crippen molar-refractivity contribution in [3.63, 3.8) is 0 Å². The van der Waals surface area contributed by atoms with E-state index < -0.39 is 21.3 Å². The van der Waals surface area contributed by atoms with Gasteiger partial charge in [-0.1, -0.05) is 23.2 Å². The summed E-state index contributed by atoms with van der Waals surface area (Å²) in [5.74, 6) is 0.179. The van der Waals surface area contributed by atoms with Gasteiger partial charge in [0.1, 0.15) is 16.8 Å². The molecule has 2 heterocycles. The van der Waals surface area contributed by atoms with Crippen LogP contribution >= 0.6 is 23.2 Å². The van der Waals surface area contributed by atoms with Crippen LogP contribution in [0.25, 0.3) is 0 Å². The van der Waals surface area contributed by atoms with E-state index >= 15 is 0 Å². The van der Waals surface area contributed by atoms with Crippen molar-refractivity contribution in [2.75, 3.05) is 31.1 Å². The van der Waals surface area contributed by atoms with Crippen LogP contribution in [0.1, 0.15) is 5.56 Å². The van der Waals surface area contributed by atoms with Crippen molar-refractivity contribution in [2.24, 2.45) is 14.1 Å². The number of hydrogen-bond donors (Lipinski definition) is 0. The molecule has 1 aromatic carbocycles. The Balaban J connectivity index is 1.93. The zero-order valence-corrected chi connectivity index (χ0v) is 17.9. The Morgan fingerprint density at radius 2 is 1.66 bits per heavy atom. The molecule has 1 aromatic heterocycles. The van der Waals surface area contributed by atoms with E-state index in [1.54, 1.807) is 4.90 Å². The van der Waals surface area contributed by atoms with Gasteiger partial charge in [-0.15, -0.1) is 0 Å². The molecule has 0 atom stereocenters. The average Bonchev–Trinajstić information content (AvgIpc) is 2.70. The molecule has 0 amide bonds. The third-order valence-electron chi connectivity index (χ3n) is 4.79. The van der Waals surface area contributed by atoms with Crippen LogP contribution in [0.2, 0.25) is 10.0 Å². The molecule has 3 rings (SSSR count). The van der Waals surface area contributed by atoms with Crippen LogP contribution in [0.15, 0.2) is 32.7 Å². The number of hydrogen-bond acceptors (Lipinski definition) is 6. The van der Waals surface area contributed by atoms with E-state index in [2.05, 4.69) is 0 Å². The molecule has 29 heavy (non-hydrogen) atoms. The van der Waals surface area contributed by atoms with Crippen LogP contribution in [-0.2, 0) is 24.1 Å². The lowest BCUT2D eigenvalue weighted by Crippen LogP contribution is -2.51. The Bertz CT molecular complexity index is 1240. The third-order valence-corrected chi connectivity index (χ3v) is 7.41. The van der Waals surface area contributed by atoms with Crippen molar-refractivity contribution >= 4 is 39.0 Å². The number of sulfonamides is 1. The molecule has 12 heteroatoms. The molecule has 2 aromatic rings. The number of aromatic nitrogens is 2. The molecule has 0 unspecified atom stereocenters. The van der Waals surface area contributed by atoms with Crippen molar-refractivity contribution in [1.82, 2.24) is 13.4 Å². The molecule has 0 N–H and O–H groups in total. The second-order valence-corrected chi connectivity index (χ2v) is 9.23. The molecule has 1 aliphatic rings. The second kappa shape index (κ2) is 7.84. The summed E-state index contributed by atoms with van der Waals surface area (Å²) in [5, 5.41) is 9.73. The lowest BCUT2D eigenvalue weighted by Gasteiger charge is -2.36. The molecule has 1 fully saturated rings. The van der Waals surface area contributed by atoms with Gasteiger partial charge in [-0.25, -0.2) is 13.2 Å². The van der Waals surface area contributed by atoms with Crippen molar-refractivity contribution < 1.29 is 8.42 Å². The number of anilines is 1. The van der Waals surface area contributed by atoms with Crippen LogP contribution in [0.5, 0.6) is 0 Å². The zero-order chi connectivity index (χ0) is 21.5. The summed E-state index contributed by atoms with van der Waals surface area (Å²) >= 11 is 12.0. The highest BCUT2D eigenvalue weighted by Crippen LogP contribution is 2.29. The zero-order valence-electron chi connectivity index (χ0n) is 15.6. The Kier molecular flexibility index (Phi) is 5.78. The summed E-state index contributed by atoms with van der Waals surface area (Å²) in [7, 11) is -1.11. The third kappa shape index (κ3) is 3.67. The fourth-order valence-corrected chi connectivity index (χ4v) is 5.42. The van der Waals surface area contributed by atoms with E-state index in [0.717, 1.165) is 4.57 Å². The molecular formula is C17H17Cl2N5O4S. The number of nitrogens with zero attached hydrogens (tertiary/aromatic N) is 5. The minimum absolute atomic E-state index is 0.0672. The number of piperazine rings is 1. The van der Waals surface area contributed by atoms with E-state index in [1.807, 2.05) is 6.07 Å². The summed E-state index contributed by atoms with van der Waals surface area (Å²) in [4.78, 5) is 26.1. The summed E-state index contributed by atoms with van der Waals surface area (Å²) < 4.78 is 29.2. The highest BCUT2D eigenvalue weighted by molar-refractivity contribution is 7.89. The fraction of sp³-hybridized carbons (Fsp3) is 0.353. The number of halogens is 2.